The van der Waals surface area contributed by atoms with Crippen LogP contribution in [0.25, 0.3) is 0 Å². The van der Waals surface area contributed by atoms with Crippen LogP contribution >= 0.6 is 0 Å². The molecule has 4 heteroatoms. The van der Waals surface area contributed by atoms with Crippen LogP contribution in [0.5, 0.6) is 5.75 Å². The summed E-state index contributed by atoms with van der Waals surface area (Å²) in [6.07, 6.45) is -0.855. The van der Waals surface area contributed by atoms with Gasteiger partial charge in [0.05, 0.1) is 0 Å². The average Bonchev–Trinajstić information content (AvgIpc) is 2.13. The van der Waals surface area contributed by atoms with E-state index in [0.717, 1.165) is 11.1 Å². The topological polar surface area (TPSA) is 72.5 Å². The largest absolute Gasteiger partial charge is 0.479 e. The van der Waals surface area contributed by atoms with Crippen molar-refractivity contribution >= 4 is 11.7 Å². The molecule has 1 aromatic rings. The lowest BCUT2D eigenvalue weighted by Crippen LogP contribution is -2.23. The summed E-state index contributed by atoms with van der Waals surface area (Å²) in [4.78, 5) is 10.6. The Kier molecular flexibility index (Phi) is 3.19. The predicted octanol–water partition coefficient (Wildman–Crippen LogP) is 1.74. The molecular weight excluding hydrogens is 194 g/mol. The number of carboxylic acid groups (broad SMARTS) is 1. The normalized spacial score (nSPS) is 12.2. The van der Waals surface area contributed by atoms with E-state index >= 15 is 0 Å². The Labute approximate surface area is 88.7 Å². The second kappa shape index (κ2) is 4.21. The molecule has 0 radical (unpaired) electrons. The first kappa shape index (κ1) is 11.4. The van der Waals surface area contributed by atoms with E-state index in [4.69, 9.17) is 15.6 Å². The van der Waals surface area contributed by atoms with Crippen LogP contribution in [-0.2, 0) is 4.79 Å². The third kappa shape index (κ3) is 2.62. The SMILES string of the molecule is Cc1cc(OC(C)C(=O)O)c(C)cc1N. The van der Waals surface area contributed by atoms with E-state index in [1.165, 1.54) is 6.92 Å². The predicted molar refractivity (Wildman–Crippen MR) is 58.1 cm³/mol. The minimum atomic E-state index is -0.983. The lowest BCUT2D eigenvalue weighted by atomic mass is 10.1. The standard InChI is InChI=1S/C11H15NO3/c1-6-5-10(7(2)4-9(6)12)15-8(3)11(13)14/h4-5,8H,12H2,1-3H3,(H,13,14). The summed E-state index contributed by atoms with van der Waals surface area (Å²) in [5.74, 6) is -0.416. The second-order valence-electron chi connectivity index (χ2n) is 3.57. The molecule has 1 aromatic carbocycles. The zero-order chi connectivity index (χ0) is 11.6. The summed E-state index contributed by atoms with van der Waals surface area (Å²) >= 11 is 0. The molecule has 0 aliphatic rings. The number of nitrogens with two attached hydrogens (primary N) is 1. The van der Waals surface area contributed by atoms with E-state index in [9.17, 15) is 4.79 Å². The molecule has 0 spiro atoms. The molecule has 0 saturated carbocycles. The molecule has 0 aliphatic carbocycles. The number of hydrogen-bond acceptors (Lipinski definition) is 3. The van der Waals surface area contributed by atoms with Gasteiger partial charge in [-0.2, -0.15) is 0 Å². The van der Waals surface area contributed by atoms with E-state index in [1.54, 1.807) is 12.1 Å². The molecule has 1 atom stereocenters. The quantitative estimate of drug-likeness (QED) is 0.744. The molecular formula is C11H15NO3. The van der Waals surface area contributed by atoms with Crippen LogP contribution in [0.3, 0.4) is 0 Å². The molecule has 15 heavy (non-hydrogen) atoms. The summed E-state index contributed by atoms with van der Waals surface area (Å²) in [7, 11) is 0. The fraction of sp³-hybridized carbons (Fsp3) is 0.364. The van der Waals surface area contributed by atoms with Crippen molar-refractivity contribution in [3.05, 3.63) is 23.3 Å². The molecule has 0 amide bonds. The van der Waals surface area contributed by atoms with Crippen LogP contribution in [0.4, 0.5) is 5.69 Å². The van der Waals surface area contributed by atoms with Crippen molar-refractivity contribution in [1.29, 1.82) is 0 Å². The van der Waals surface area contributed by atoms with Crippen molar-refractivity contribution in [3.63, 3.8) is 0 Å². The number of aliphatic carboxylic acids is 1. The first-order valence-corrected chi connectivity index (χ1v) is 4.68. The molecule has 0 fully saturated rings. The highest BCUT2D eigenvalue weighted by atomic mass is 16.5. The van der Waals surface area contributed by atoms with Crippen LogP contribution in [-0.4, -0.2) is 17.2 Å². The molecule has 3 N–H and O–H groups in total. The molecule has 0 aliphatic heterocycles. The number of ether oxygens (including phenoxy) is 1. The third-order valence-electron chi connectivity index (χ3n) is 2.22. The van der Waals surface area contributed by atoms with Crippen molar-refractivity contribution < 1.29 is 14.6 Å². The van der Waals surface area contributed by atoms with Crippen LogP contribution < -0.4 is 10.5 Å². The van der Waals surface area contributed by atoms with Crippen molar-refractivity contribution in [2.24, 2.45) is 0 Å². The summed E-state index contributed by atoms with van der Waals surface area (Å²) in [5, 5.41) is 8.71. The Morgan fingerprint density at radius 2 is 2.00 bits per heavy atom. The van der Waals surface area contributed by atoms with Gasteiger partial charge in [-0.3, -0.25) is 0 Å². The zero-order valence-electron chi connectivity index (χ0n) is 9.07. The van der Waals surface area contributed by atoms with Crippen molar-refractivity contribution in [2.75, 3.05) is 5.73 Å². The van der Waals surface area contributed by atoms with Gasteiger partial charge in [0.2, 0.25) is 0 Å². The Morgan fingerprint density at radius 3 is 2.53 bits per heavy atom. The fourth-order valence-corrected chi connectivity index (χ4v) is 1.18. The van der Waals surface area contributed by atoms with Gasteiger partial charge in [0, 0.05) is 5.69 Å². The van der Waals surface area contributed by atoms with E-state index < -0.39 is 12.1 Å². The minimum Gasteiger partial charge on any atom is -0.479 e. The molecule has 0 aromatic heterocycles. The molecule has 0 heterocycles. The fourth-order valence-electron chi connectivity index (χ4n) is 1.18. The van der Waals surface area contributed by atoms with Gasteiger partial charge in [0.15, 0.2) is 6.10 Å². The maximum absolute atomic E-state index is 10.6. The summed E-state index contributed by atoms with van der Waals surface area (Å²) < 4.78 is 5.29. The lowest BCUT2D eigenvalue weighted by Gasteiger charge is -2.14. The molecule has 82 valence electrons. The van der Waals surface area contributed by atoms with Gasteiger partial charge in [-0.05, 0) is 44.0 Å². The van der Waals surface area contributed by atoms with Gasteiger partial charge in [0.1, 0.15) is 5.75 Å². The van der Waals surface area contributed by atoms with E-state index in [0.29, 0.717) is 11.4 Å². The first-order valence-electron chi connectivity index (χ1n) is 4.68. The Morgan fingerprint density at radius 1 is 1.40 bits per heavy atom. The first-order chi connectivity index (χ1) is 6.91. The third-order valence-corrected chi connectivity index (χ3v) is 2.22. The van der Waals surface area contributed by atoms with Gasteiger partial charge >= 0.3 is 5.97 Å². The highest BCUT2D eigenvalue weighted by Gasteiger charge is 2.14. The minimum absolute atomic E-state index is 0.566. The maximum Gasteiger partial charge on any atom is 0.344 e. The molecule has 4 nitrogen and oxygen atoms in total. The van der Waals surface area contributed by atoms with Gasteiger partial charge in [-0.15, -0.1) is 0 Å². The molecule has 0 bridgehead atoms. The molecule has 1 unspecified atom stereocenters. The van der Waals surface area contributed by atoms with E-state index in [1.807, 2.05) is 13.8 Å². The number of hydrogen-bond donors (Lipinski definition) is 2. The lowest BCUT2D eigenvalue weighted by molar-refractivity contribution is -0.144. The molecule has 0 saturated heterocycles. The van der Waals surface area contributed by atoms with Crippen LogP contribution in [0.1, 0.15) is 18.1 Å². The van der Waals surface area contributed by atoms with Crippen molar-refractivity contribution in [2.45, 2.75) is 26.9 Å². The number of anilines is 1. The number of nitrogen functional groups attached to an aromatic ring is 1. The summed E-state index contributed by atoms with van der Waals surface area (Å²) in [6.45, 7) is 5.18. The van der Waals surface area contributed by atoms with Gasteiger partial charge in [0.25, 0.3) is 0 Å². The number of aryl methyl sites for hydroxylation is 2. The summed E-state index contributed by atoms with van der Waals surface area (Å²) in [5.41, 5.74) is 8.11. The Hall–Kier alpha value is -1.71. The monoisotopic (exact) mass is 209 g/mol. The summed E-state index contributed by atoms with van der Waals surface area (Å²) in [6, 6.07) is 3.53. The van der Waals surface area contributed by atoms with E-state index in [-0.39, 0.29) is 0 Å². The van der Waals surface area contributed by atoms with E-state index in [2.05, 4.69) is 0 Å². The number of carboxylic acids is 1. The van der Waals surface area contributed by atoms with Crippen LogP contribution in [0, 0.1) is 13.8 Å². The molecule has 1 rings (SSSR count). The van der Waals surface area contributed by atoms with Gasteiger partial charge < -0.3 is 15.6 Å². The highest BCUT2D eigenvalue weighted by Crippen LogP contribution is 2.25. The van der Waals surface area contributed by atoms with Crippen molar-refractivity contribution in [3.8, 4) is 5.75 Å². The van der Waals surface area contributed by atoms with Crippen molar-refractivity contribution in [1.82, 2.24) is 0 Å². The number of rotatable bonds is 3. The van der Waals surface area contributed by atoms with Gasteiger partial charge in [-0.1, -0.05) is 0 Å². The maximum atomic E-state index is 10.6. The smallest absolute Gasteiger partial charge is 0.344 e. The Bertz CT molecular complexity index is 388. The Balaban J connectivity index is 2.95. The van der Waals surface area contributed by atoms with Crippen LogP contribution in [0.15, 0.2) is 12.1 Å². The van der Waals surface area contributed by atoms with Crippen LogP contribution in [0.2, 0.25) is 0 Å². The zero-order valence-corrected chi connectivity index (χ0v) is 9.07. The second-order valence-corrected chi connectivity index (χ2v) is 3.57. The average molecular weight is 209 g/mol. The number of carbonyl (C=O) groups is 1. The van der Waals surface area contributed by atoms with Gasteiger partial charge in [-0.25, -0.2) is 4.79 Å². The highest BCUT2D eigenvalue weighted by molar-refractivity contribution is 5.72. The number of benzene rings is 1.